The maximum Gasteiger partial charge on any atom is 0.195 e. The van der Waals surface area contributed by atoms with E-state index in [-0.39, 0.29) is 32.8 Å². The fraction of sp³-hybridized carbons (Fsp3) is 0.118. The first kappa shape index (κ1) is 24.0. The first-order chi connectivity index (χ1) is 19.3. The van der Waals surface area contributed by atoms with Crippen LogP contribution in [0.2, 0.25) is 0 Å². The number of ether oxygens (including phenoxy) is 2. The molecule has 6 heteroatoms. The number of carbonyl (C=O) groups is 2. The fourth-order valence-corrected chi connectivity index (χ4v) is 6.53. The van der Waals surface area contributed by atoms with Crippen molar-refractivity contribution in [2.24, 2.45) is 0 Å². The molecule has 0 aliphatic carbocycles. The molecule has 7 aromatic rings. The SMILES string of the molecule is COc1cc(C=O)c2c(=O)c3ccc(C)cc3c3c2c1c1c(OC)cc(C=O)c2c(=O)c4ccc(C)cc4c3c21. The average molecular weight is 527 g/mol. The number of fused-ring (bicyclic) bond motifs is 6. The summed E-state index contributed by atoms with van der Waals surface area (Å²) in [5.74, 6) is 0.728. The second-order valence-electron chi connectivity index (χ2n) is 10.3. The van der Waals surface area contributed by atoms with Crippen molar-refractivity contribution in [1.29, 1.82) is 0 Å². The van der Waals surface area contributed by atoms with Gasteiger partial charge in [0, 0.05) is 54.2 Å². The molecule has 194 valence electrons. The minimum Gasteiger partial charge on any atom is -0.496 e. The van der Waals surface area contributed by atoms with Crippen molar-refractivity contribution in [2.45, 2.75) is 13.8 Å². The maximum absolute atomic E-state index is 14.1. The molecule has 0 aliphatic rings. The van der Waals surface area contributed by atoms with Gasteiger partial charge in [-0.2, -0.15) is 0 Å². The van der Waals surface area contributed by atoms with Crippen molar-refractivity contribution >= 4 is 77.2 Å². The molecular formula is C34H22O6. The average Bonchev–Trinajstić information content (AvgIpc) is 2.96. The fourth-order valence-electron chi connectivity index (χ4n) is 6.53. The van der Waals surface area contributed by atoms with Crippen LogP contribution in [0.15, 0.2) is 58.1 Å². The molecule has 40 heavy (non-hydrogen) atoms. The Hall–Kier alpha value is -5.10. The van der Waals surface area contributed by atoms with Gasteiger partial charge in [0.1, 0.15) is 11.5 Å². The molecule has 0 spiro atoms. The molecule has 0 heterocycles. The predicted molar refractivity (Wildman–Crippen MR) is 160 cm³/mol. The van der Waals surface area contributed by atoms with Gasteiger partial charge in [0.05, 0.1) is 14.2 Å². The van der Waals surface area contributed by atoms with E-state index in [4.69, 9.17) is 9.47 Å². The van der Waals surface area contributed by atoms with Crippen molar-refractivity contribution in [3.8, 4) is 11.5 Å². The highest BCUT2D eigenvalue weighted by molar-refractivity contribution is 6.45. The molecule has 7 aromatic carbocycles. The molecule has 7 rings (SSSR count). The van der Waals surface area contributed by atoms with Crippen LogP contribution in [0, 0.1) is 13.8 Å². The molecule has 0 bridgehead atoms. The molecule has 0 fully saturated rings. The molecule has 6 nitrogen and oxygen atoms in total. The van der Waals surface area contributed by atoms with Crippen LogP contribution in [0.25, 0.3) is 64.6 Å². The third kappa shape index (κ3) is 2.82. The lowest BCUT2D eigenvalue weighted by Crippen LogP contribution is -2.11. The van der Waals surface area contributed by atoms with Gasteiger partial charge in [-0.3, -0.25) is 19.2 Å². The summed E-state index contributed by atoms with van der Waals surface area (Å²) >= 11 is 0. The highest BCUT2D eigenvalue weighted by Gasteiger charge is 2.28. The third-order valence-corrected chi connectivity index (χ3v) is 8.17. The summed E-state index contributed by atoms with van der Waals surface area (Å²) < 4.78 is 11.7. The number of rotatable bonds is 4. The Morgan fingerprint density at radius 3 is 1.25 bits per heavy atom. The van der Waals surface area contributed by atoms with Crippen LogP contribution in [0.1, 0.15) is 31.8 Å². The summed E-state index contributed by atoms with van der Waals surface area (Å²) in [5, 5.41) is 6.59. The van der Waals surface area contributed by atoms with Gasteiger partial charge in [0.2, 0.25) is 0 Å². The van der Waals surface area contributed by atoms with Crippen molar-refractivity contribution in [1.82, 2.24) is 0 Å². The van der Waals surface area contributed by atoms with E-state index >= 15 is 0 Å². The first-order valence-electron chi connectivity index (χ1n) is 12.8. The number of hydrogen-bond donors (Lipinski definition) is 0. The highest BCUT2D eigenvalue weighted by atomic mass is 16.5. The van der Waals surface area contributed by atoms with Gasteiger partial charge in [-0.1, -0.05) is 47.5 Å². The number of aryl methyl sites for hydroxylation is 2. The van der Waals surface area contributed by atoms with Gasteiger partial charge in [0.25, 0.3) is 0 Å². The Morgan fingerprint density at radius 2 is 0.900 bits per heavy atom. The zero-order chi connectivity index (χ0) is 28.0. The molecule has 0 aliphatic heterocycles. The lowest BCUT2D eigenvalue weighted by molar-refractivity contribution is 0.111. The minimum absolute atomic E-state index is 0.216. The van der Waals surface area contributed by atoms with Crippen LogP contribution in [0.3, 0.4) is 0 Å². The van der Waals surface area contributed by atoms with Crippen LogP contribution in [0.5, 0.6) is 11.5 Å². The molecule has 0 N–H and O–H groups in total. The second kappa shape index (κ2) is 8.20. The van der Waals surface area contributed by atoms with Crippen LogP contribution in [-0.2, 0) is 0 Å². The van der Waals surface area contributed by atoms with Crippen LogP contribution < -0.4 is 20.3 Å². The van der Waals surface area contributed by atoms with E-state index in [0.29, 0.717) is 67.2 Å². The third-order valence-electron chi connectivity index (χ3n) is 8.17. The number of methoxy groups -OCH3 is 2. The summed E-state index contributed by atoms with van der Waals surface area (Å²) in [4.78, 5) is 53.0. The molecule has 0 radical (unpaired) electrons. The number of aldehydes is 2. The van der Waals surface area contributed by atoms with E-state index in [1.807, 2.05) is 38.1 Å². The Kier molecular flexibility index (Phi) is 4.91. The smallest absolute Gasteiger partial charge is 0.195 e. The van der Waals surface area contributed by atoms with E-state index < -0.39 is 0 Å². The van der Waals surface area contributed by atoms with Crippen molar-refractivity contribution in [2.75, 3.05) is 14.2 Å². The maximum atomic E-state index is 14.1. The predicted octanol–water partition coefficient (Wildman–Crippen LogP) is 6.46. The van der Waals surface area contributed by atoms with Crippen LogP contribution in [-0.4, -0.2) is 26.8 Å². The Morgan fingerprint density at radius 1 is 0.500 bits per heavy atom. The number of carbonyl (C=O) groups excluding carboxylic acids is 2. The Bertz CT molecular complexity index is 2220. The summed E-state index contributed by atoms with van der Waals surface area (Å²) in [7, 11) is 2.99. The molecule has 0 saturated carbocycles. The normalized spacial score (nSPS) is 11.9. The standard InChI is InChI=1S/C34H22O6/c1-15-5-7-19-21(9-15)27-28-22-10-16(2)6-8-20(22)34(38)26-18(14-36)12-24(40-4)30(32(26)28)29-23(39-3)11-17(13-35)25(31(27)29)33(19)37/h5-14H,1-4H3. The van der Waals surface area contributed by atoms with Gasteiger partial charge in [0.15, 0.2) is 23.4 Å². The van der Waals surface area contributed by atoms with E-state index in [0.717, 1.165) is 21.9 Å². The van der Waals surface area contributed by atoms with Crippen LogP contribution in [0.4, 0.5) is 0 Å². The quantitative estimate of drug-likeness (QED) is 0.149. The van der Waals surface area contributed by atoms with E-state index in [1.165, 1.54) is 14.2 Å². The lowest BCUT2D eigenvalue weighted by Gasteiger charge is -2.22. The number of benzene rings is 7. The largest absolute Gasteiger partial charge is 0.496 e. The van der Waals surface area contributed by atoms with E-state index in [2.05, 4.69) is 0 Å². The van der Waals surface area contributed by atoms with E-state index in [9.17, 15) is 19.2 Å². The second-order valence-corrected chi connectivity index (χ2v) is 10.3. The van der Waals surface area contributed by atoms with Gasteiger partial charge >= 0.3 is 0 Å². The molecule has 0 atom stereocenters. The number of hydrogen-bond acceptors (Lipinski definition) is 6. The topological polar surface area (TPSA) is 86.7 Å². The summed E-state index contributed by atoms with van der Waals surface area (Å²) in [6.07, 6.45) is 1.35. The van der Waals surface area contributed by atoms with Gasteiger partial charge in [-0.25, -0.2) is 0 Å². The summed E-state index contributed by atoms with van der Waals surface area (Å²) in [6, 6.07) is 14.3. The zero-order valence-electron chi connectivity index (χ0n) is 22.2. The molecule has 0 unspecified atom stereocenters. The van der Waals surface area contributed by atoms with Gasteiger partial charge in [-0.15, -0.1) is 0 Å². The van der Waals surface area contributed by atoms with Gasteiger partial charge in [-0.05, 0) is 47.5 Å². The first-order valence-corrected chi connectivity index (χ1v) is 12.8. The van der Waals surface area contributed by atoms with Crippen molar-refractivity contribution in [3.05, 3.63) is 91.2 Å². The molecule has 0 saturated heterocycles. The van der Waals surface area contributed by atoms with Crippen LogP contribution >= 0.6 is 0 Å². The molecular weight excluding hydrogens is 504 g/mol. The lowest BCUT2D eigenvalue weighted by atomic mass is 9.81. The van der Waals surface area contributed by atoms with Gasteiger partial charge < -0.3 is 9.47 Å². The highest BCUT2D eigenvalue weighted by Crippen LogP contribution is 2.50. The Balaban J connectivity index is 2.09. The summed E-state index contributed by atoms with van der Waals surface area (Å²) in [6.45, 7) is 3.90. The van der Waals surface area contributed by atoms with Crippen molar-refractivity contribution in [3.63, 3.8) is 0 Å². The zero-order valence-corrected chi connectivity index (χ0v) is 22.2. The molecule has 0 amide bonds. The molecule has 0 aromatic heterocycles. The monoisotopic (exact) mass is 526 g/mol. The minimum atomic E-state index is -0.260. The van der Waals surface area contributed by atoms with E-state index in [1.54, 1.807) is 24.3 Å². The Labute approximate surface area is 227 Å². The summed E-state index contributed by atoms with van der Waals surface area (Å²) in [5.41, 5.74) is 1.81. The van der Waals surface area contributed by atoms with Crippen molar-refractivity contribution < 1.29 is 19.1 Å².